The van der Waals surface area contributed by atoms with E-state index < -0.39 is 27.9 Å². The van der Waals surface area contributed by atoms with Gasteiger partial charge in [-0.2, -0.15) is 13.2 Å². The van der Waals surface area contributed by atoms with Crippen LogP contribution in [0.25, 0.3) is 0 Å². The summed E-state index contributed by atoms with van der Waals surface area (Å²) in [5.41, 5.74) is 0. The molecular weight excluding hydrogens is 319 g/mol. The van der Waals surface area contributed by atoms with Crippen LogP contribution in [0, 0.1) is 0 Å². The third kappa shape index (κ3) is 3.32. The molecule has 1 aliphatic heterocycles. The minimum Gasteiger partial charge on any atom is -0.352 e. The molecule has 0 radical (unpaired) electrons. The van der Waals surface area contributed by atoms with Gasteiger partial charge in [-0.25, -0.2) is 18.4 Å². The molecule has 1 atom stereocenters. The van der Waals surface area contributed by atoms with Crippen LogP contribution in [0.3, 0.4) is 0 Å². The average Bonchev–Trinajstić information content (AvgIpc) is 2.25. The minimum atomic E-state index is -4.70. The second-order valence-electron chi connectivity index (χ2n) is 4.53. The molecule has 0 aromatic carbocycles. The summed E-state index contributed by atoms with van der Waals surface area (Å²) >= 11 is 5.58. The highest BCUT2D eigenvalue weighted by Crippen LogP contribution is 2.30. The molecule has 1 aliphatic rings. The quantitative estimate of drug-likeness (QED) is 0.735. The van der Waals surface area contributed by atoms with Crippen LogP contribution >= 0.6 is 11.6 Å². The standard InChI is InChI=1S/C10H11ClF3N3O2S/c1-6-5-20(18,19)3-2-17(6)8-4-7(11)15-9(16-8)10(12,13)14/h4,6H,2-3,5H2,1H3. The molecule has 20 heavy (non-hydrogen) atoms. The van der Waals surface area contributed by atoms with Gasteiger partial charge < -0.3 is 4.90 Å². The Morgan fingerprint density at radius 1 is 1.40 bits per heavy atom. The van der Waals surface area contributed by atoms with E-state index in [9.17, 15) is 21.6 Å². The van der Waals surface area contributed by atoms with Crippen LogP contribution in [0.5, 0.6) is 0 Å². The topological polar surface area (TPSA) is 63.2 Å². The summed E-state index contributed by atoms with van der Waals surface area (Å²) in [5, 5.41) is -0.331. The molecule has 1 aromatic rings. The van der Waals surface area contributed by atoms with Crippen molar-refractivity contribution in [3.05, 3.63) is 17.0 Å². The number of halogens is 4. The van der Waals surface area contributed by atoms with Crippen molar-refractivity contribution in [3.8, 4) is 0 Å². The second kappa shape index (κ2) is 5.03. The van der Waals surface area contributed by atoms with E-state index in [-0.39, 0.29) is 29.0 Å². The lowest BCUT2D eigenvalue weighted by molar-refractivity contribution is -0.144. The summed E-state index contributed by atoms with van der Waals surface area (Å²) in [4.78, 5) is 8.07. The highest BCUT2D eigenvalue weighted by atomic mass is 35.5. The first-order valence-electron chi connectivity index (χ1n) is 5.67. The number of hydrogen-bond acceptors (Lipinski definition) is 5. The maximum absolute atomic E-state index is 12.6. The Morgan fingerprint density at radius 3 is 2.60 bits per heavy atom. The monoisotopic (exact) mass is 329 g/mol. The van der Waals surface area contributed by atoms with E-state index in [4.69, 9.17) is 11.6 Å². The van der Waals surface area contributed by atoms with Gasteiger partial charge in [-0.3, -0.25) is 0 Å². The zero-order valence-electron chi connectivity index (χ0n) is 10.4. The van der Waals surface area contributed by atoms with Gasteiger partial charge in [-0.15, -0.1) is 0 Å². The molecule has 0 N–H and O–H groups in total. The third-order valence-corrected chi connectivity index (χ3v) is 4.89. The smallest absolute Gasteiger partial charge is 0.352 e. The Morgan fingerprint density at radius 2 is 2.05 bits per heavy atom. The van der Waals surface area contributed by atoms with Gasteiger partial charge in [0.05, 0.1) is 11.5 Å². The fraction of sp³-hybridized carbons (Fsp3) is 0.600. The van der Waals surface area contributed by atoms with Gasteiger partial charge in [0.15, 0.2) is 9.84 Å². The zero-order valence-corrected chi connectivity index (χ0v) is 11.9. The SMILES string of the molecule is CC1CS(=O)(=O)CCN1c1cc(Cl)nc(C(F)(F)F)n1. The Kier molecular flexibility index (Phi) is 3.85. The van der Waals surface area contributed by atoms with Crippen LogP contribution in [0.15, 0.2) is 6.07 Å². The van der Waals surface area contributed by atoms with Gasteiger partial charge in [0.25, 0.3) is 0 Å². The molecule has 0 spiro atoms. The van der Waals surface area contributed by atoms with Crippen molar-refractivity contribution in [1.29, 1.82) is 0 Å². The number of hydrogen-bond donors (Lipinski definition) is 0. The van der Waals surface area contributed by atoms with Gasteiger partial charge in [0.2, 0.25) is 5.82 Å². The van der Waals surface area contributed by atoms with Crippen LogP contribution < -0.4 is 4.90 Å². The molecule has 5 nitrogen and oxygen atoms in total. The maximum atomic E-state index is 12.6. The summed E-state index contributed by atoms with van der Waals surface area (Å²) in [6.45, 7) is 1.69. The van der Waals surface area contributed by atoms with Crippen molar-refractivity contribution < 1.29 is 21.6 Å². The number of alkyl halides is 3. The van der Waals surface area contributed by atoms with Crippen molar-refractivity contribution in [2.45, 2.75) is 19.1 Å². The lowest BCUT2D eigenvalue weighted by Gasteiger charge is -2.34. The summed E-state index contributed by atoms with van der Waals surface area (Å²) in [5.74, 6) is -1.60. The molecule has 1 aromatic heterocycles. The van der Waals surface area contributed by atoms with Gasteiger partial charge >= 0.3 is 6.18 Å². The normalized spacial score (nSPS) is 22.9. The highest BCUT2D eigenvalue weighted by molar-refractivity contribution is 7.91. The molecule has 0 saturated carbocycles. The zero-order chi connectivity index (χ0) is 15.1. The number of sulfone groups is 1. The summed E-state index contributed by atoms with van der Waals surface area (Å²) in [6.07, 6.45) is -4.70. The van der Waals surface area contributed by atoms with Crippen LogP contribution in [0.1, 0.15) is 12.7 Å². The molecule has 0 bridgehead atoms. The van der Waals surface area contributed by atoms with Crippen LogP contribution in [-0.4, -0.2) is 42.5 Å². The molecule has 10 heteroatoms. The lowest BCUT2D eigenvalue weighted by Crippen LogP contribution is -2.47. The molecule has 112 valence electrons. The number of aromatic nitrogens is 2. The van der Waals surface area contributed by atoms with Crippen LogP contribution in [0.2, 0.25) is 5.15 Å². The molecule has 1 fully saturated rings. The molecular formula is C10H11ClF3N3O2S. The van der Waals surface area contributed by atoms with Crippen molar-refractivity contribution in [2.75, 3.05) is 23.0 Å². The van der Waals surface area contributed by atoms with E-state index in [2.05, 4.69) is 9.97 Å². The molecule has 2 rings (SSSR count). The largest absolute Gasteiger partial charge is 0.451 e. The Hall–Kier alpha value is -1.09. The molecule has 0 aliphatic carbocycles. The predicted molar refractivity (Wildman–Crippen MR) is 67.5 cm³/mol. The molecule has 1 saturated heterocycles. The van der Waals surface area contributed by atoms with E-state index in [0.29, 0.717) is 0 Å². The number of nitrogens with zero attached hydrogens (tertiary/aromatic N) is 3. The first kappa shape index (κ1) is 15.3. The van der Waals surface area contributed by atoms with Crippen LogP contribution in [-0.2, 0) is 16.0 Å². The number of rotatable bonds is 1. The fourth-order valence-corrected chi connectivity index (χ4v) is 3.75. The Labute approximate surface area is 118 Å². The van der Waals surface area contributed by atoms with E-state index in [0.717, 1.165) is 0 Å². The highest BCUT2D eigenvalue weighted by Gasteiger charge is 2.37. The number of anilines is 1. The Balaban J connectivity index is 2.36. The van der Waals surface area contributed by atoms with Gasteiger partial charge in [0, 0.05) is 18.7 Å². The van der Waals surface area contributed by atoms with Gasteiger partial charge in [0.1, 0.15) is 11.0 Å². The third-order valence-electron chi connectivity index (χ3n) is 2.90. The first-order valence-corrected chi connectivity index (χ1v) is 7.87. The lowest BCUT2D eigenvalue weighted by atomic mass is 10.3. The first-order chi connectivity index (χ1) is 9.08. The fourth-order valence-electron chi connectivity index (χ4n) is 2.02. The maximum Gasteiger partial charge on any atom is 0.451 e. The van der Waals surface area contributed by atoms with Crippen molar-refractivity contribution in [3.63, 3.8) is 0 Å². The molecule has 2 heterocycles. The summed E-state index contributed by atoms with van der Waals surface area (Å²) in [7, 11) is -3.16. The van der Waals surface area contributed by atoms with Crippen molar-refractivity contribution in [2.24, 2.45) is 0 Å². The van der Waals surface area contributed by atoms with Crippen molar-refractivity contribution >= 4 is 27.3 Å². The minimum absolute atomic E-state index is 0.0141. The van der Waals surface area contributed by atoms with E-state index in [1.165, 1.54) is 11.0 Å². The Bertz CT molecular complexity index is 621. The van der Waals surface area contributed by atoms with E-state index in [1.54, 1.807) is 6.92 Å². The van der Waals surface area contributed by atoms with Gasteiger partial charge in [-0.1, -0.05) is 11.6 Å². The van der Waals surface area contributed by atoms with Crippen LogP contribution in [0.4, 0.5) is 19.0 Å². The van der Waals surface area contributed by atoms with Crippen molar-refractivity contribution in [1.82, 2.24) is 9.97 Å². The predicted octanol–water partition coefficient (Wildman–Crippen LogP) is 1.77. The average molecular weight is 330 g/mol. The van der Waals surface area contributed by atoms with Gasteiger partial charge in [-0.05, 0) is 6.92 Å². The summed E-state index contributed by atoms with van der Waals surface area (Å²) < 4.78 is 60.8. The molecule has 1 unspecified atom stereocenters. The second-order valence-corrected chi connectivity index (χ2v) is 7.14. The molecule has 0 amide bonds. The summed E-state index contributed by atoms with van der Waals surface area (Å²) in [6, 6.07) is 0.728. The van der Waals surface area contributed by atoms with E-state index >= 15 is 0 Å². The van der Waals surface area contributed by atoms with E-state index in [1.807, 2.05) is 0 Å².